The van der Waals surface area contributed by atoms with Gasteiger partial charge in [0.25, 0.3) is 0 Å². The molecule has 2 heterocycles. The van der Waals surface area contributed by atoms with Crippen molar-refractivity contribution in [2.24, 2.45) is 11.7 Å². The second-order valence-corrected chi connectivity index (χ2v) is 7.63. The summed E-state index contributed by atoms with van der Waals surface area (Å²) in [6, 6.07) is 7.60. The Bertz CT molecular complexity index is 541. The summed E-state index contributed by atoms with van der Waals surface area (Å²) in [5, 5.41) is 0. The Morgan fingerprint density at radius 3 is 2.65 bits per heavy atom. The number of ether oxygens (including phenoxy) is 1. The average Bonchev–Trinajstić information content (AvgIpc) is 2.60. The zero-order chi connectivity index (χ0) is 16.9. The Balaban J connectivity index is 0.00000169. The molecule has 0 aromatic heterocycles. The SMILES string of the molecule is CCCCOc1ccc2c(c1)CCN1CC(CCCC)C(N)CC21.Cl.Cl. The Labute approximate surface area is 171 Å². The molecule has 2 aliphatic heterocycles. The molecule has 0 spiro atoms. The normalized spacial score (nSPS) is 24.7. The lowest BCUT2D eigenvalue weighted by Crippen LogP contribution is -2.50. The highest BCUT2D eigenvalue weighted by molar-refractivity contribution is 5.85. The zero-order valence-electron chi connectivity index (χ0n) is 16.3. The lowest BCUT2D eigenvalue weighted by molar-refractivity contribution is 0.0785. The first kappa shape index (κ1) is 23.6. The number of piperidine rings is 1. The Morgan fingerprint density at radius 1 is 1.15 bits per heavy atom. The first-order chi connectivity index (χ1) is 11.7. The Kier molecular flexibility index (Phi) is 10.3. The summed E-state index contributed by atoms with van der Waals surface area (Å²) >= 11 is 0. The summed E-state index contributed by atoms with van der Waals surface area (Å²) in [6.07, 6.45) is 8.44. The molecule has 150 valence electrons. The van der Waals surface area contributed by atoms with Crippen molar-refractivity contribution in [2.75, 3.05) is 19.7 Å². The average molecular weight is 403 g/mol. The summed E-state index contributed by atoms with van der Waals surface area (Å²) in [4.78, 5) is 2.68. The summed E-state index contributed by atoms with van der Waals surface area (Å²) in [5.41, 5.74) is 9.51. The fraction of sp³-hybridized carbons (Fsp3) is 0.714. The van der Waals surface area contributed by atoms with E-state index in [0.717, 1.165) is 31.6 Å². The molecule has 0 aliphatic carbocycles. The summed E-state index contributed by atoms with van der Waals surface area (Å²) in [7, 11) is 0. The van der Waals surface area contributed by atoms with Crippen molar-refractivity contribution < 1.29 is 4.74 Å². The molecule has 3 nitrogen and oxygen atoms in total. The van der Waals surface area contributed by atoms with Gasteiger partial charge < -0.3 is 10.5 Å². The maximum Gasteiger partial charge on any atom is 0.119 e. The van der Waals surface area contributed by atoms with E-state index < -0.39 is 0 Å². The van der Waals surface area contributed by atoms with E-state index in [1.165, 1.54) is 49.9 Å². The minimum atomic E-state index is 0. The van der Waals surface area contributed by atoms with E-state index in [4.69, 9.17) is 10.5 Å². The van der Waals surface area contributed by atoms with Gasteiger partial charge in [-0.2, -0.15) is 0 Å². The van der Waals surface area contributed by atoms with Gasteiger partial charge in [-0.15, -0.1) is 24.8 Å². The molecular weight excluding hydrogens is 367 g/mol. The van der Waals surface area contributed by atoms with Crippen LogP contribution in [0.3, 0.4) is 0 Å². The van der Waals surface area contributed by atoms with Gasteiger partial charge >= 0.3 is 0 Å². The van der Waals surface area contributed by atoms with Gasteiger partial charge in [0.2, 0.25) is 0 Å². The van der Waals surface area contributed by atoms with Crippen LogP contribution in [-0.4, -0.2) is 30.6 Å². The maximum absolute atomic E-state index is 6.54. The van der Waals surface area contributed by atoms with E-state index in [9.17, 15) is 0 Å². The van der Waals surface area contributed by atoms with E-state index >= 15 is 0 Å². The first-order valence-electron chi connectivity index (χ1n) is 9.98. The monoisotopic (exact) mass is 402 g/mol. The van der Waals surface area contributed by atoms with Crippen LogP contribution < -0.4 is 10.5 Å². The second-order valence-electron chi connectivity index (χ2n) is 7.63. The molecule has 0 amide bonds. The van der Waals surface area contributed by atoms with Crippen molar-refractivity contribution in [1.82, 2.24) is 4.90 Å². The van der Waals surface area contributed by atoms with E-state index in [2.05, 4.69) is 36.9 Å². The van der Waals surface area contributed by atoms with Crippen LogP contribution in [-0.2, 0) is 6.42 Å². The van der Waals surface area contributed by atoms with Gasteiger partial charge in [-0.25, -0.2) is 0 Å². The van der Waals surface area contributed by atoms with Gasteiger partial charge in [-0.1, -0.05) is 39.2 Å². The van der Waals surface area contributed by atoms with Crippen molar-refractivity contribution >= 4 is 24.8 Å². The van der Waals surface area contributed by atoms with E-state index in [1.807, 2.05) is 0 Å². The molecule has 0 radical (unpaired) electrons. The zero-order valence-corrected chi connectivity index (χ0v) is 17.9. The molecule has 3 atom stereocenters. The minimum absolute atomic E-state index is 0. The van der Waals surface area contributed by atoms with Crippen LogP contribution in [0, 0.1) is 5.92 Å². The van der Waals surface area contributed by atoms with Gasteiger partial charge in [-0.3, -0.25) is 4.90 Å². The summed E-state index contributed by atoms with van der Waals surface area (Å²) < 4.78 is 5.89. The van der Waals surface area contributed by atoms with Crippen LogP contribution in [0.15, 0.2) is 18.2 Å². The number of benzene rings is 1. The number of rotatable bonds is 7. The van der Waals surface area contributed by atoms with Gasteiger partial charge in [0, 0.05) is 25.2 Å². The van der Waals surface area contributed by atoms with Crippen molar-refractivity contribution in [3.8, 4) is 5.75 Å². The van der Waals surface area contributed by atoms with Crippen molar-refractivity contribution in [1.29, 1.82) is 0 Å². The molecule has 2 N–H and O–H groups in total. The lowest BCUT2D eigenvalue weighted by atomic mass is 9.79. The van der Waals surface area contributed by atoms with E-state index in [0.29, 0.717) is 18.0 Å². The minimum Gasteiger partial charge on any atom is -0.494 e. The quantitative estimate of drug-likeness (QED) is 0.641. The maximum atomic E-state index is 6.54. The molecule has 1 saturated heterocycles. The number of unbranched alkanes of at least 4 members (excludes halogenated alkanes) is 2. The summed E-state index contributed by atoms with van der Waals surface area (Å²) in [6.45, 7) is 7.65. The predicted molar refractivity (Wildman–Crippen MR) is 115 cm³/mol. The van der Waals surface area contributed by atoms with Crippen LogP contribution in [0.5, 0.6) is 5.75 Å². The number of hydrogen-bond acceptors (Lipinski definition) is 3. The highest BCUT2D eigenvalue weighted by atomic mass is 35.5. The molecule has 1 fully saturated rings. The molecule has 5 heteroatoms. The molecule has 0 bridgehead atoms. The molecular formula is C21H36Cl2N2O. The standard InChI is InChI=1S/C21H34N2O.2ClH/c1-3-5-7-17-15-23-11-10-16-13-18(24-12-6-4-2)8-9-19(16)21(23)14-20(17)22;;/h8-9,13,17,20-21H,3-7,10-12,14-15,22H2,1-2H3;2*1H. The fourth-order valence-corrected chi connectivity index (χ4v) is 4.32. The van der Waals surface area contributed by atoms with Gasteiger partial charge in [0.15, 0.2) is 0 Å². The highest BCUT2D eigenvalue weighted by Crippen LogP contribution is 2.40. The summed E-state index contributed by atoms with van der Waals surface area (Å²) in [5.74, 6) is 1.72. The van der Waals surface area contributed by atoms with Crippen LogP contribution in [0.4, 0.5) is 0 Å². The van der Waals surface area contributed by atoms with Crippen LogP contribution in [0.25, 0.3) is 0 Å². The third kappa shape index (κ3) is 5.51. The molecule has 1 aromatic rings. The second kappa shape index (κ2) is 11.4. The van der Waals surface area contributed by atoms with Gasteiger partial charge in [0.1, 0.15) is 5.75 Å². The van der Waals surface area contributed by atoms with Gasteiger partial charge in [-0.05, 0) is 54.9 Å². The van der Waals surface area contributed by atoms with Crippen molar-refractivity contribution in [2.45, 2.75) is 70.9 Å². The first-order valence-corrected chi connectivity index (χ1v) is 9.98. The largest absolute Gasteiger partial charge is 0.494 e. The molecule has 0 saturated carbocycles. The third-order valence-electron chi connectivity index (χ3n) is 5.85. The smallest absolute Gasteiger partial charge is 0.119 e. The molecule has 26 heavy (non-hydrogen) atoms. The van der Waals surface area contributed by atoms with Crippen LogP contribution in [0.2, 0.25) is 0 Å². The van der Waals surface area contributed by atoms with Crippen molar-refractivity contribution in [3.05, 3.63) is 29.3 Å². The third-order valence-corrected chi connectivity index (χ3v) is 5.85. The lowest BCUT2D eigenvalue weighted by Gasteiger charge is -2.46. The number of nitrogens with zero attached hydrogens (tertiary/aromatic N) is 1. The van der Waals surface area contributed by atoms with Crippen LogP contribution >= 0.6 is 24.8 Å². The van der Waals surface area contributed by atoms with Gasteiger partial charge in [0.05, 0.1) is 6.61 Å². The predicted octanol–water partition coefficient (Wildman–Crippen LogP) is 5.15. The Morgan fingerprint density at radius 2 is 1.92 bits per heavy atom. The van der Waals surface area contributed by atoms with E-state index in [1.54, 1.807) is 0 Å². The number of halogens is 2. The number of hydrogen-bond donors (Lipinski definition) is 1. The highest BCUT2D eigenvalue weighted by Gasteiger charge is 2.36. The van der Waals surface area contributed by atoms with Crippen LogP contribution in [0.1, 0.15) is 69.5 Å². The molecule has 2 aliphatic rings. The van der Waals surface area contributed by atoms with Crippen molar-refractivity contribution in [3.63, 3.8) is 0 Å². The fourth-order valence-electron chi connectivity index (χ4n) is 4.32. The van der Waals surface area contributed by atoms with E-state index in [-0.39, 0.29) is 24.8 Å². The number of fused-ring (bicyclic) bond motifs is 3. The Hall–Kier alpha value is -0.480. The molecule has 3 rings (SSSR count). The molecule has 3 unspecified atom stereocenters. The molecule has 1 aromatic carbocycles. The topological polar surface area (TPSA) is 38.5 Å². The number of nitrogens with two attached hydrogens (primary N) is 1.